The van der Waals surface area contributed by atoms with Crippen LogP contribution in [0.1, 0.15) is 125 Å². The quantitative estimate of drug-likeness (QED) is 0.152. The smallest absolute Gasteiger partial charge is 0.181 e. The minimum absolute atomic E-state index is 0.0290. The van der Waals surface area contributed by atoms with E-state index in [1.165, 1.54) is 16.7 Å². The number of aliphatic imine (C=N–C) groups is 1. The van der Waals surface area contributed by atoms with Crippen LogP contribution in [-0.4, -0.2) is 18.6 Å². The number of fused-ring (bicyclic) bond motifs is 5. The number of nitrogens with two attached hydrogens (primary N) is 1. The number of Topliss-reactive ketones (excluding diaryl/α,β-unsaturated/α-hetero) is 1. The van der Waals surface area contributed by atoms with Gasteiger partial charge in [0, 0.05) is 55.6 Å². The van der Waals surface area contributed by atoms with Crippen LogP contribution in [0.25, 0.3) is 10.8 Å². The molecule has 0 saturated heterocycles. The molecule has 62 heavy (non-hydrogen) atoms. The Hall–Kier alpha value is -5.62. The lowest BCUT2D eigenvalue weighted by Gasteiger charge is -2.48. The summed E-state index contributed by atoms with van der Waals surface area (Å²) in [7, 11) is 1.69. The summed E-state index contributed by atoms with van der Waals surface area (Å²) in [4.78, 5) is 22.8. The van der Waals surface area contributed by atoms with E-state index < -0.39 is 16.2 Å². The van der Waals surface area contributed by atoms with Crippen LogP contribution in [0, 0.1) is 11.3 Å². The van der Waals surface area contributed by atoms with Crippen molar-refractivity contribution in [3.63, 3.8) is 0 Å². The van der Waals surface area contributed by atoms with Crippen molar-refractivity contribution in [1.82, 2.24) is 0 Å². The lowest BCUT2D eigenvalue weighted by molar-refractivity contribution is -0.126. The van der Waals surface area contributed by atoms with Crippen LogP contribution >= 0.6 is 0 Å². The van der Waals surface area contributed by atoms with Gasteiger partial charge in [-0.1, -0.05) is 145 Å². The van der Waals surface area contributed by atoms with Crippen molar-refractivity contribution in [3.8, 4) is 0 Å². The predicted octanol–water partition coefficient (Wildman–Crippen LogP) is 14.2. The van der Waals surface area contributed by atoms with Gasteiger partial charge in [-0.3, -0.25) is 9.79 Å². The number of hydrogen-bond donors (Lipinski definition) is 2. The highest BCUT2D eigenvalue weighted by Crippen LogP contribution is 2.59. The summed E-state index contributed by atoms with van der Waals surface area (Å²) in [6, 6.07) is 32.9. The van der Waals surface area contributed by atoms with Gasteiger partial charge in [-0.05, 0) is 99.4 Å². The first-order chi connectivity index (χ1) is 28.8. The van der Waals surface area contributed by atoms with E-state index in [0.717, 1.165) is 61.7 Å². The van der Waals surface area contributed by atoms with E-state index in [1.807, 2.05) is 13.0 Å². The van der Waals surface area contributed by atoms with Gasteiger partial charge in [0.05, 0.1) is 24.2 Å². The van der Waals surface area contributed by atoms with Gasteiger partial charge in [-0.25, -0.2) is 0 Å². The average molecular weight is 827 g/mol. The van der Waals surface area contributed by atoms with Crippen LogP contribution in [0.5, 0.6) is 0 Å². The number of nitrogens with one attached hydrogen (secondary N) is 1. The fourth-order valence-electron chi connectivity index (χ4n) is 10.4. The van der Waals surface area contributed by atoms with Crippen molar-refractivity contribution in [3.05, 3.63) is 142 Å². The van der Waals surface area contributed by atoms with E-state index in [4.69, 9.17) is 15.5 Å². The van der Waals surface area contributed by atoms with Crippen molar-refractivity contribution in [2.24, 2.45) is 16.3 Å². The maximum atomic E-state index is 15.1. The Labute approximate surface area is 370 Å². The minimum Gasteiger partial charge on any atom is -0.499 e. The number of allylic oxidation sites excluding steroid dienone is 3. The molecule has 2 heterocycles. The molecule has 0 amide bonds. The van der Waals surface area contributed by atoms with Gasteiger partial charge < -0.3 is 20.7 Å². The number of nitrogens with zero attached hydrogens (tertiary/aromatic N) is 2. The zero-order valence-electron chi connectivity index (χ0n) is 39.7. The first-order valence-electron chi connectivity index (χ1n) is 22.2. The molecule has 0 aromatic heterocycles. The fraction of sp³-hybridized carbons (Fsp3) is 0.393. The standard InChI is InChI=1S/C56H66N4O2/c1-32(45-48(61)56(15,49(45)62-16)50-55(13,14)42-29-27-39-40(47(42)59-50)26-28-41-46(39)58-33(2)54(41,11)12)53(9,10)43-31-38(25-30-44(43)57)60(36-21-17-34(18-22-36)51(3,4)5)37-23-19-35(20-24-37)52(6,7)8/h17-32,58H,2,57H2,1,3-16H3. The number of rotatable bonds is 8. The highest BCUT2D eigenvalue weighted by molar-refractivity contribution is 6.29. The number of hydrogen-bond acceptors (Lipinski definition) is 6. The topological polar surface area (TPSA) is 80.0 Å². The summed E-state index contributed by atoms with van der Waals surface area (Å²) in [5.74, 6) is 0.496. The van der Waals surface area contributed by atoms with Crippen molar-refractivity contribution in [2.45, 2.75) is 124 Å². The molecule has 3 N–H and O–H groups in total. The fourth-order valence-corrected chi connectivity index (χ4v) is 10.4. The summed E-state index contributed by atoms with van der Waals surface area (Å²) in [6.07, 6.45) is 0. The molecule has 0 fully saturated rings. The van der Waals surface area contributed by atoms with Gasteiger partial charge in [0.25, 0.3) is 0 Å². The number of carbonyl (C=O) groups excluding carboxylic acids is 1. The summed E-state index contributed by atoms with van der Waals surface area (Å²) >= 11 is 0. The number of ether oxygens (including phenoxy) is 1. The summed E-state index contributed by atoms with van der Waals surface area (Å²) < 4.78 is 6.32. The number of ketones is 1. The van der Waals surface area contributed by atoms with Crippen LogP contribution in [0.2, 0.25) is 0 Å². The normalized spacial score (nSPS) is 19.8. The van der Waals surface area contributed by atoms with Crippen molar-refractivity contribution >= 4 is 56.4 Å². The Morgan fingerprint density at radius 1 is 0.710 bits per heavy atom. The third-order valence-corrected chi connectivity index (χ3v) is 14.9. The molecule has 6 heteroatoms. The Bertz CT molecular complexity index is 2690. The van der Waals surface area contributed by atoms with Crippen LogP contribution < -0.4 is 16.0 Å². The van der Waals surface area contributed by atoms with Gasteiger partial charge in [0.15, 0.2) is 5.78 Å². The van der Waals surface area contributed by atoms with Crippen LogP contribution in [0.4, 0.5) is 34.1 Å². The Morgan fingerprint density at radius 2 is 1.23 bits per heavy atom. The molecule has 5 aromatic carbocycles. The lowest BCUT2D eigenvalue weighted by Crippen LogP contribution is -2.55. The molecule has 3 aliphatic rings. The van der Waals surface area contributed by atoms with Gasteiger partial charge in [-0.2, -0.15) is 0 Å². The maximum Gasteiger partial charge on any atom is 0.181 e. The summed E-state index contributed by atoms with van der Waals surface area (Å²) in [5.41, 5.74) is 18.9. The lowest BCUT2D eigenvalue weighted by atomic mass is 9.54. The van der Waals surface area contributed by atoms with Gasteiger partial charge in [-0.15, -0.1) is 0 Å². The largest absolute Gasteiger partial charge is 0.499 e. The third-order valence-electron chi connectivity index (χ3n) is 14.9. The summed E-state index contributed by atoms with van der Waals surface area (Å²) in [6.45, 7) is 35.1. The Kier molecular flexibility index (Phi) is 9.68. The maximum absolute atomic E-state index is 15.1. The molecule has 0 saturated carbocycles. The van der Waals surface area contributed by atoms with E-state index >= 15 is 4.79 Å². The molecule has 2 atom stereocenters. The van der Waals surface area contributed by atoms with E-state index in [0.29, 0.717) is 17.0 Å². The minimum atomic E-state index is -1.03. The predicted molar refractivity (Wildman–Crippen MR) is 262 cm³/mol. The SMILES string of the molecule is C=C1Nc2c(ccc3c4c(ccc23)C(C)(C)C(C2(C)C(=O)C(C(C)C(C)(C)c3cc(N(c5ccc(C(C)(C)C)cc5)c5ccc(C(C)(C)C)cc5)ccc3N)=C2OC)=N4)C1(C)C. The second-order valence-electron chi connectivity index (χ2n) is 21.9. The molecular weight excluding hydrogens is 761 g/mol. The molecule has 2 aliphatic heterocycles. The van der Waals surface area contributed by atoms with E-state index in [1.54, 1.807) is 7.11 Å². The molecule has 0 spiro atoms. The molecule has 6 nitrogen and oxygen atoms in total. The molecule has 8 rings (SSSR count). The third kappa shape index (κ3) is 6.26. The second kappa shape index (κ2) is 13.9. The second-order valence-corrected chi connectivity index (χ2v) is 21.9. The number of methoxy groups -OCH3 is 1. The highest BCUT2D eigenvalue weighted by atomic mass is 16.5. The molecule has 5 aromatic rings. The van der Waals surface area contributed by atoms with Crippen molar-refractivity contribution < 1.29 is 9.53 Å². The molecule has 322 valence electrons. The molecule has 1 aliphatic carbocycles. The highest BCUT2D eigenvalue weighted by Gasteiger charge is 2.62. The number of anilines is 5. The molecule has 0 bridgehead atoms. The Morgan fingerprint density at radius 3 is 1.76 bits per heavy atom. The van der Waals surface area contributed by atoms with Crippen LogP contribution in [0.15, 0.2) is 120 Å². The number of nitrogen functional groups attached to an aromatic ring is 1. The summed E-state index contributed by atoms with van der Waals surface area (Å²) in [5, 5.41) is 5.76. The first-order valence-corrected chi connectivity index (χ1v) is 22.2. The van der Waals surface area contributed by atoms with Gasteiger partial charge in [0.2, 0.25) is 0 Å². The molecule has 0 radical (unpaired) electrons. The Balaban J connectivity index is 1.19. The first kappa shape index (κ1) is 43.0. The van der Waals surface area contributed by atoms with Gasteiger partial charge >= 0.3 is 0 Å². The van der Waals surface area contributed by atoms with Crippen LogP contribution in [-0.2, 0) is 36.6 Å². The van der Waals surface area contributed by atoms with Crippen molar-refractivity contribution in [2.75, 3.05) is 23.1 Å². The van der Waals surface area contributed by atoms with E-state index in [2.05, 4.69) is 192 Å². The van der Waals surface area contributed by atoms with E-state index in [9.17, 15) is 0 Å². The number of benzene rings is 5. The molecular formula is C56H66N4O2. The van der Waals surface area contributed by atoms with Crippen molar-refractivity contribution in [1.29, 1.82) is 0 Å². The zero-order valence-corrected chi connectivity index (χ0v) is 39.7. The molecule has 2 unspecified atom stereocenters. The van der Waals surface area contributed by atoms with E-state index in [-0.39, 0.29) is 27.9 Å². The monoisotopic (exact) mass is 827 g/mol. The van der Waals surface area contributed by atoms with Gasteiger partial charge in [0.1, 0.15) is 11.2 Å². The average Bonchev–Trinajstić information content (AvgIpc) is 3.62. The van der Waals surface area contributed by atoms with Crippen LogP contribution in [0.3, 0.4) is 0 Å². The zero-order chi connectivity index (χ0) is 45.3. The number of carbonyl (C=O) groups is 1.